The number of carbonyl (C=O) groups is 1. The van der Waals surface area contributed by atoms with Crippen LogP contribution in [0.15, 0.2) is 35.4 Å². The molecule has 1 atom stereocenters. The van der Waals surface area contributed by atoms with Crippen molar-refractivity contribution >= 4 is 5.91 Å². The first-order valence-electron chi connectivity index (χ1n) is 9.88. The van der Waals surface area contributed by atoms with Crippen molar-refractivity contribution in [3.8, 4) is 11.5 Å². The molecule has 0 saturated heterocycles. The summed E-state index contributed by atoms with van der Waals surface area (Å²) in [5, 5.41) is 7.06. The van der Waals surface area contributed by atoms with Crippen LogP contribution in [0.25, 0.3) is 11.5 Å². The molecular formula is C21H22N6O2. The van der Waals surface area contributed by atoms with Gasteiger partial charge in [0, 0.05) is 36.1 Å². The summed E-state index contributed by atoms with van der Waals surface area (Å²) in [7, 11) is 0. The van der Waals surface area contributed by atoms with Gasteiger partial charge in [0.25, 0.3) is 5.91 Å². The summed E-state index contributed by atoms with van der Waals surface area (Å²) in [6.45, 7) is 4.36. The van der Waals surface area contributed by atoms with Crippen LogP contribution >= 0.6 is 0 Å². The molecule has 2 aliphatic rings. The second kappa shape index (κ2) is 6.72. The van der Waals surface area contributed by atoms with Gasteiger partial charge in [0.15, 0.2) is 11.5 Å². The van der Waals surface area contributed by atoms with Crippen molar-refractivity contribution in [2.75, 3.05) is 0 Å². The first-order valence-corrected chi connectivity index (χ1v) is 9.88. The average molecular weight is 390 g/mol. The SMILES string of the molecule is CC1(C)Cc2nc(-c3cnccn3)ncc2[C@@H](NC(=O)c2cc(C3CC3)on2)C1. The smallest absolute Gasteiger partial charge is 0.273 e. The van der Waals surface area contributed by atoms with E-state index >= 15 is 0 Å². The molecular weight excluding hydrogens is 368 g/mol. The van der Waals surface area contributed by atoms with Crippen LogP contribution in [0.2, 0.25) is 0 Å². The number of aromatic nitrogens is 5. The zero-order valence-corrected chi connectivity index (χ0v) is 16.4. The van der Waals surface area contributed by atoms with E-state index in [2.05, 4.69) is 39.3 Å². The molecule has 0 bridgehead atoms. The van der Waals surface area contributed by atoms with Gasteiger partial charge in [-0.3, -0.25) is 9.78 Å². The Hall–Kier alpha value is -3.16. The molecule has 0 aromatic carbocycles. The lowest BCUT2D eigenvalue weighted by molar-refractivity contribution is 0.0909. The lowest BCUT2D eigenvalue weighted by atomic mass is 9.74. The minimum Gasteiger partial charge on any atom is -0.360 e. The highest BCUT2D eigenvalue weighted by atomic mass is 16.5. The molecule has 0 aliphatic heterocycles. The monoisotopic (exact) mass is 390 g/mol. The number of nitrogens with one attached hydrogen (secondary N) is 1. The molecule has 2 aliphatic carbocycles. The largest absolute Gasteiger partial charge is 0.360 e. The van der Waals surface area contributed by atoms with Crippen LogP contribution < -0.4 is 5.32 Å². The van der Waals surface area contributed by atoms with Crippen molar-refractivity contribution in [2.45, 2.75) is 51.5 Å². The van der Waals surface area contributed by atoms with Crippen LogP contribution in [0, 0.1) is 5.41 Å². The maximum Gasteiger partial charge on any atom is 0.273 e. The number of fused-ring (bicyclic) bond motifs is 1. The molecule has 0 spiro atoms. The molecule has 29 heavy (non-hydrogen) atoms. The topological polar surface area (TPSA) is 107 Å². The van der Waals surface area contributed by atoms with Crippen molar-refractivity contribution in [1.82, 2.24) is 30.4 Å². The van der Waals surface area contributed by atoms with E-state index in [-0.39, 0.29) is 17.4 Å². The van der Waals surface area contributed by atoms with Gasteiger partial charge in [-0.15, -0.1) is 0 Å². The van der Waals surface area contributed by atoms with E-state index in [0.29, 0.717) is 23.1 Å². The number of rotatable bonds is 4. The molecule has 1 amide bonds. The second-order valence-corrected chi connectivity index (χ2v) is 8.65. The van der Waals surface area contributed by atoms with Gasteiger partial charge in [0.1, 0.15) is 11.5 Å². The molecule has 3 heterocycles. The van der Waals surface area contributed by atoms with Crippen LogP contribution in [-0.2, 0) is 6.42 Å². The van der Waals surface area contributed by atoms with E-state index in [1.54, 1.807) is 30.9 Å². The molecule has 1 fully saturated rings. The first kappa shape index (κ1) is 17.9. The number of hydrogen-bond acceptors (Lipinski definition) is 7. The zero-order chi connectivity index (χ0) is 20.0. The fourth-order valence-electron chi connectivity index (χ4n) is 3.90. The Morgan fingerprint density at radius 2 is 2.07 bits per heavy atom. The van der Waals surface area contributed by atoms with Gasteiger partial charge in [-0.1, -0.05) is 19.0 Å². The Bertz CT molecular complexity index is 1060. The van der Waals surface area contributed by atoms with Gasteiger partial charge in [0.2, 0.25) is 0 Å². The highest BCUT2D eigenvalue weighted by Crippen LogP contribution is 2.41. The Balaban J connectivity index is 1.42. The van der Waals surface area contributed by atoms with Gasteiger partial charge in [0.05, 0.1) is 17.9 Å². The summed E-state index contributed by atoms with van der Waals surface area (Å²) in [5.74, 6) is 1.54. The van der Waals surface area contributed by atoms with E-state index in [9.17, 15) is 4.79 Å². The highest BCUT2D eigenvalue weighted by molar-refractivity contribution is 5.92. The molecule has 3 aromatic rings. The number of carbonyl (C=O) groups excluding carboxylic acids is 1. The molecule has 148 valence electrons. The lowest BCUT2D eigenvalue weighted by Gasteiger charge is -2.36. The van der Waals surface area contributed by atoms with E-state index in [1.807, 2.05) is 0 Å². The fourth-order valence-corrected chi connectivity index (χ4v) is 3.90. The maximum atomic E-state index is 12.8. The van der Waals surface area contributed by atoms with Crippen molar-refractivity contribution < 1.29 is 9.32 Å². The van der Waals surface area contributed by atoms with Gasteiger partial charge in [-0.25, -0.2) is 15.0 Å². The molecule has 8 heteroatoms. The Kier molecular flexibility index (Phi) is 4.15. The average Bonchev–Trinajstić information content (AvgIpc) is 3.43. The fraction of sp³-hybridized carbons (Fsp3) is 0.429. The van der Waals surface area contributed by atoms with Crippen molar-refractivity contribution in [3.05, 3.63) is 53.6 Å². The predicted octanol–water partition coefficient (Wildman–Crippen LogP) is 3.24. The third-order valence-electron chi connectivity index (χ3n) is 5.52. The van der Waals surface area contributed by atoms with E-state index in [4.69, 9.17) is 9.51 Å². The number of amides is 1. The van der Waals surface area contributed by atoms with Gasteiger partial charge in [-0.2, -0.15) is 0 Å². The first-order chi connectivity index (χ1) is 14.0. The van der Waals surface area contributed by atoms with Crippen LogP contribution in [0.1, 0.15) is 72.6 Å². The molecule has 1 saturated carbocycles. The van der Waals surface area contributed by atoms with Crippen LogP contribution in [0.5, 0.6) is 0 Å². The summed E-state index contributed by atoms with van der Waals surface area (Å²) in [4.78, 5) is 30.4. The number of nitrogens with zero attached hydrogens (tertiary/aromatic N) is 5. The van der Waals surface area contributed by atoms with Crippen molar-refractivity contribution in [2.24, 2.45) is 5.41 Å². The van der Waals surface area contributed by atoms with Gasteiger partial charge < -0.3 is 9.84 Å². The third kappa shape index (κ3) is 3.62. The second-order valence-electron chi connectivity index (χ2n) is 8.65. The predicted molar refractivity (Wildman–Crippen MR) is 104 cm³/mol. The van der Waals surface area contributed by atoms with Crippen LogP contribution in [0.3, 0.4) is 0 Å². The van der Waals surface area contributed by atoms with E-state index in [0.717, 1.165) is 42.7 Å². The Morgan fingerprint density at radius 3 is 2.83 bits per heavy atom. The summed E-state index contributed by atoms with van der Waals surface area (Å²) in [5.41, 5.74) is 2.82. The molecule has 5 rings (SSSR count). The summed E-state index contributed by atoms with van der Waals surface area (Å²) < 4.78 is 5.33. The standard InChI is InChI=1S/C21H22N6O2/c1-21(2)8-15-13(10-24-19(25-15)17-11-22-5-6-23-17)16(9-21)26-20(28)14-7-18(29-27-14)12-3-4-12/h5-7,10-12,16H,3-4,8-9H2,1-2H3,(H,26,28)/t16-/m0/s1. The number of hydrogen-bond donors (Lipinski definition) is 1. The van der Waals surface area contributed by atoms with Gasteiger partial charge in [-0.05, 0) is 31.1 Å². The molecule has 3 aromatic heterocycles. The summed E-state index contributed by atoms with van der Waals surface area (Å²) in [6.07, 6.45) is 10.5. The van der Waals surface area contributed by atoms with Gasteiger partial charge >= 0.3 is 0 Å². The normalized spacial score (nSPS) is 20.1. The van der Waals surface area contributed by atoms with Crippen LogP contribution in [-0.4, -0.2) is 31.0 Å². The highest BCUT2D eigenvalue weighted by Gasteiger charge is 2.35. The molecule has 0 unspecified atom stereocenters. The van der Waals surface area contributed by atoms with Crippen LogP contribution in [0.4, 0.5) is 0 Å². The molecule has 0 radical (unpaired) electrons. The summed E-state index contributed by atoms with van der Waals surface area (Å²) >= 11 is 0. The zero-order valence-electron chi connectivity index (χ0n) is 16.4. The minimum absolute atomic E-state index is 0.0120. The Labute approximate surface area is 168 Å². The minimum atomic E-state index is -0.229. The maximum absolute atomic E-state index is 12.8. The lowest BCUT2D eigenvalue weighted by Crippen LogP contribution is -2.37. The summed E-state index contributed by atoms with van der Waals surface area (Å²) in [6, 6.07) is 1.58. The quantitative estimate of drug-likeness (QED) is 0.729. The molecule has 8 nitrogen and oxygen atoms in total. The molecule has 1 N–H and O–H groups in total. The third-order valence-corrected chi connectivity index (χ3v) is 5.52. The van der Waals surface area contributed by atoms with E-state index < -0.39 is 0 Å². The Morgan fingerprint density at radius 1 is 1.21 bits per heavy atom. The van der Waals surface area contributed by atoms with Crippen molar-refractivity contribution in [1.29, 1.82) is 0 Å². The van der Waals surface area contributed by atoms with E-state index in [1.165, 1.54) is 0 Å². The van der Waals surface area contributed by atoms with Crippen molar-refractivity contribution in [3.63, 3.8) is 0 Å².